The first-order chi connectivity index (χ1) is 30.9. The van der Waals surface area contributed by atoms with Gasteiger partial charge >= 0.3 is 424 Å². The number of halogens is 2. The fourth-order valence-corrected chi connectivity index (χ4v) is 58.1. The molecule has 68 heavy (non-hydrogen) atoms. The van der Waals surface area contributed by atoms with E-state index in [1.807, 2.05) is 6.56 Å². The largest absolute Gasteiger partial charge is 1.00 e. The van der Waals surface area contributed by atoms with E-state index in [9.17, 15) is 0 Å². The zero-order valence-corrected chi connectivity index (χ0v) is 54.2. The molecule has 0 N–H and O–H groups in total. The van der Waals surface area contributed by atoms with Crippen LogP contribution in [0.1, 0.15) is 151 Å². The molecular weight excluding hydrogens is 1050 g/mol. The van der Waals surface area contributed by atoms with Crippen LogP contribution in [-0.4, -0.2) is 11.8 Å². The summed E-state index contributed by atoms with van der Waals surface area (Å²) in [5.74, 6) is -0.198. The van der Waals surface area contributed by atoms with Gasteiger partial charge in [0.25, 0.3) is 0 Å². The molecule has 0 radical (unpaired) electrons. The number of rotatable bonds is 8. The standard InChI is InChI=1S/2C20H21.2C9H13.2C2H7Si.2ClH.2Zr/c2*1-14-12-16-6-5-7-18(19(16)13-14)15-8-10-17(11-9-15)20(2,3)4;2*1-6-5-7(2)9(4)8(6)3;2*1-3-2;;;;/h2*5-13H,1-4H3;2*6H,1-4H3;2*3H,1-2H3;2*1H;;/q;;;;;;;;2*+1/p-2. The van der Waals surface area contributed by atoms with Crippen LogP contribution in [0.25, 0.3) is 34.4 Å². The summed E-state index contributed by atoms with van der Waals surface area (Å²) in [5.41, 5.74) is 28.0. The van der Waals surface area contributed by atoms with Crippen LogP contribution in [0, 0.1) is 11.8 Å². The molecular formula is C62H82Cl2Si2Zr2. The normalized spacial score (nSPS) is 20.0. The Bertz CT molecular complexity index is 2540. The van der Waals surface area contributed by atoms with E-state index < -0.39 is 53.7 Å². The van der Waals surface area contributed by atoms with Gasteiger partial charge in [-0.05, 0) is 0 Å². The number of hydrogen-bond acceptors (Lipinski definition) is 0. The van der Waals surface area contributed by atoms with Gasteiger partial charge in [0.15, 0.2) is 0 Å². The molecule has 0 aliphatic heterocycles. The van der Waals surface area contributed by atoms with Crippen molar-refractivity contribution >= 4 is 24.0 Å². The number of hydrogen-bond donors (Lipinski definition) is 0. The second kappa shape index (κ2) is 22.1. The molecule has 0 fully saturated rings. The van der Waals surface area contributed by atoms with Crippen molar-refractivity contribution in [3.63, 3.8) is 0 Å². The van der Waals surface area contributed by atoms with Gasteiger partial charge in [0.2, 0.25) is 0 Å². The van der Waals surface area contributed by atoms with E-state index in [1.165, 1.54) is 44.5 Å². The van der Waals surface area contributed by atoms with E-state index in [0.29, 0.717) is 19.1 Å². The Morgan fingerprint density at radius 2 is 0.735 bits per heavy atom. The summed E-state index contributed by atoms with van der Waals surface area (Å²) in [6.45, 7) is 48.5. The van der Waals surface area contributed by atoms with Gasteiger partial charge in [-0.25, -0.2) is 0 Å². The first kappa shape index (κ1) is 57.0. The number of fused-ring (bicyclic) bond motifs is 2. The minimum absolute atomic E-state index is 0. The summed E-state index contributed by atoms with van der Waals surface area (Å²) in [7, 11) is 0. The molecule has 0 aromatic heterocycles. The van der Waals surface area contributed by atoms with Crippen LogP contribution in [0.4, 0.5) is 0 Å². The molecule has 4 unspecified atom stereocenters. The average molecular weight is 1140 g/mol. The third kappa shape index (κ3) is 10.7. The Morgan fingerprint density at radius 1 is 0.426 bits per heavy atom. The average Bonchev–Trinajstić information content (AvgIpc) is 3.89. The zero-order chi connectivity index (χ0) is 48.5. The molecule has 4 aliphatic rings. The number of allylic oxidation sites excluding steroid dienone is 10. The van der Waals surface area contributed by atoms with E-state index in [2.05, 4.69) is 234 Å². The summed E-state index contributed by atoms with van der Waals surface area (Å²) in [4.78, 5) is 0. The van der Waals surface area contributed by atoms with Crippen molar-refractivity contribution in [3.8, 4) is 22.3 Å². The van der Waals surface area contributed by atoms with Crippen molar-refractivity contribution in [3.05, 3.63) is 169 Å². The number of benzene rings is 4. The fourth-order valence-electron chi connectivity index (χ4n) is 12.0. The molecule has 0 bridgehead atoms. The molecule has 8 rings (SSSR count). The molecule has 4 aliphatic carbocycles. The second-order valence-electron chi connectivity index (χ2n) is 23.3. The summed E-state index contributed by atoms with van der Waals surface area (Å²) >= 11 is -3.78. The van der Waals surface area contributed by atoms with Gasteiger partial charge < -0.3 is 24.8 Å². The Balaban J connectivity index is 0.000000247. The van der Waals surface area contributed by atoms with Crippen LogP contribution in [0.15, 0.2) is 136 Å². The van der Waals surface area contributed by atoms with Crippen LogP contribution in [0.5, 0.6) is 0 Å². The predicted octanol–water partition coefficient (Wildman–Crippen LogP) is 11.9. The maximum Gasteiger partial charge on any atom is -1.00 e. The summed E-state index contributed by atoms with van der Waals surface area (Å²) in [5, 5.41) is 0. The molecule has 0 saturated heterocycles. The van der Waals surface area contributed by atoms with Crippen molar-refractivity contribution in [1.82, 2.24) is 0 Å². The van der Waals surface area contributed by atoms with Gasteiger partial charge in [-0.1, -0.05) is 0 Å². The van der Waals surface area contributed by atoms with Gasteiger partial charge in [-0.2, -0.15) is 0 Å². The molecule has 0 spiro atoms. The maximum absolute atomic E-state index is 2.64. The smallest absolute Gasteiger partial charge is 1.00 e. The zero-order valence-electron chi connectivity index (χ0n) is 45.5. The van der Waals surface area contributed by atoms with Crippen molar-refractivity contribution in [2.75, 3.05) is 0 Å². The first-order valence-electron chi connectivity index (χ1n) is 25.2. The first-order valence-corrected chi connectivity index (χ1v) is 44.8. The Morgan fingerprint density at radius 3 is 0.985 bits per heavy atom. The fraction of sp³-hybridized carbons (Fsp3) is 0.419. The molecule has 0 heterocycles. The van der Waals surface area contributed by atoms with E-state index in [-0.39, 0.29) is 35.6 Å². The quantitative estimate of drug-likeness (QED) is 0.154. The van der Waals surface area contributed by atoms with E-state index >= 15 is 0 Å². The van der Waals surface area contributed by atoms with Gasteiger partial charge in [-0.3, -0.25) is 0 Å². The van der Waals surface area contributed by atoms with Gasteiger partial charge in [0.1, 0.15) is 0 Å². The van der Waals surface area contributed by atoms with Crippen LogP contribution in [0.2, 0.25) is 26.2 Å². The Kier molecular flexibility index (Phi) is 18.5. The molecule has 4 aromatic carbocycles. The van der Waals surface area contributed by atoms with Crippen LogP contribution in [-0.2, 0) is 52.7 Å². The predicted molar refractivity (Wildman–Crippen MR) is 292 cm³/mol. The van der Waals surface area contributed by atoms with E-state index in [0.717, 1.165) is 0 Å². The molecule has 0 amide bonds. The third-order valence-corrected chi connectivity index (χ3v) is 58.8. The molecule has 4 aromatic rings. The Labute approximate surface area is 444 Å². The second-order valence-corrected chi connectivity index (χ2v) is 62.2. The van der Waals surface area contributed by atoms with Crippen molar-refractivity contribution in [2.24, 2.45) is 11.8 Å². The summed E-state index contributed by atoms with van der Waals surface area (Å²) in [6, 6.07) is 32.9. The maximum atomic E-state index is 2.64. The van der Waals surface area contributed by atoms with Gasteiger partial charge in [-0.15, -0.1) is 0 Å². The van der Waals surface area contributed by atoms with Gasteiger partial charge in [0.05, 0.1) is 0 Å². The molecule has 0 nitrogen and oxygen atoms in total. The molecule has 0 saturated carbocycles. The molecule has 6 heteroatoms. The van der Waals surface area contributed by atoms with E-state index in [4.69, 9.17) is 0 Å². The minimum atomic E-state index is -1.89. The Hall–Kier alpha value is -1.90. The molecule has 4 atom stereocenters. The van der Waals surface area contributed by atoms with Crippen LogP contribution < -0.4 is 24.8 Å². The van der Waals surface area contributed by atoms with Crippen LogP contribution in [0.3, 0.4) is 0 Å². The molecule has 360 valence electrons. The van der Waals surface area contributed by atoms with Crippen LogP contribution >= 0.6 is 0 Å². The van der Waals surface area contributed by atoms with Crippen molar-refractivity contribution in [1.29, 1.82) is 0 Å². The third-order valence-electron chi connectivity index (χ3n) is 16.4. The summed E-state index contributed by atoms with van der Waals surface area (Å²) < 4.78 is 5.29. The van der Waals surface area contributed by atoms with Gasteiger partial charge in [0, 0.05) is 0 Å². The SMILES string of the molecule is CC1=Cc2c(-c3ccc(C(C)(C)C)cc3)cccc2[CH]1[Zr+]([C]1=C(C)C(C)=C(C)C1C)[SiH](C)C.CC1=Cc2c(-c3ccc(C(C)(C)C)cc3)cccc2[CH]1[Zr+]([C]1=C(C)C(C)=C(C)C1C)[SiH](C)C.[Cl-].[Cl-]. The topological polar surface area (TPSA) is 0 Å². The summed E-state index contributed by atoms with van der Waals surface area (Å²) in [6.07, 6.45) is 5.10. The minimum Gasteiger partial charge on any atom is -1.00 e. The van der Waals surface area contributed by atoms with Crippen molar-refractivity contribution < 1.29 is 66.6 Å². The van der Waals surface area contributed by atoms with E-state index in [1.54, 1.807) is 55.7 Å². The monoisotopic (exact) mass is 1130 g/mol. The van der Waals surface area contributed by atoms with Crippen molar-refractivity contribution in [2.45, 2.75) is 155 Å².